The minimum atomic E-state index is -1.25. The summed E-state index contributed by atoms with van der Waals surface area (Å²) in [5.41, 5.74) is 1.92. The lowest BCUT2D eigenvalue weighted by molar-refractivity contribution is 0.0690. The molecule has 0 aromatic heterocycles. The summed E-state index contributed by atoms with van der Waals surface area (Å²) in [5, 5.41) is 30.2. The van der Waals surface area contributed by atoms with Gasteiger partial charge in [0.15, 0.2) is 11.5 Å². The maximum absolute atomic E-state index is 11.6. The number of hydrogen-bond donors (Lipinski definition) is 3. The molecule has 25 heavy (non-hydrogen) atoms. The number of aromatic carboxylic acids is 1. The first-order chi connectivity index (χ1) is 11.7. The number of methoxy groups -OCH3 is 2. The summed E-state index contributed by atoms with van der Waals surface area (Å²) >= 11 is 0. The Hall–Kier alpha value is -2.47. The van der Waals surface area contributed by atoms with Gasteiger partial charge in [0.25, 0.3) is 0 Å². The van der Waals surface area contributed by atoms with Crippen LogP contribution in [-0.4, -0.2) is 35.5 Å². The average molecular weight is 350 g/mol. The van der Waals surface area contributed by atoms with Gasteiger partial charge in [-0.25, -0.2) is 4.79 Å². The number of ether oxygens (including phenoxy) is 2. The summed E-state index contributed by atoms with van der Waals surface area (Å²) in [4.78, 5) is 11.6. The van der Waals surface area contributed by atoms with Crippen LogP contribution in [0, 0.1) is 0 Å². The maximum Gasteiger partial charge on any atom is 0.336 e. The molecule has 0 saturated heterocycles. The van der Waals surface area contributed by atoms with Crippen LogP contribution in [0.5, 0.6) is 17.2 Å². The zero-order valence-electron chi connectivity index (χ0n) is 15.3. The SMILES string of the molecule is COc1cc(C(=O)O)c(C(O)/C=C(\C)CCC=C(C)C)c(OC)c1O. The molecule has 0 aliphatic rings. The summed E-state index contributed by atoms with van der Waals surface area (Å²) in [5.74, 6) is -1.74. The lowest BCUT2D eigenvalue weighted by Crippen LogP contribution is -2.09. The lowest BCUT2D eigenvalue weighted by Gasteiger charge is -2.18. The zero-order chi connectivity index (χ0) is 19.1. The Kier molecular flexibility index (Phi) is 7.51. The van der Waals surface area contributed by atoms with Crippen LogP contribution >= 0.6 is 0 Å². The summed E-state index contributed by atoms with van der Waals surface area (Å²) in [6.45, 7) is 5.88. The summed E-state index contributed by atoms with van der Waals surface area (Å²) in [7, 11) is 2.60. The second-order valence-corrected chi connectivity index (χ2v) is 6.01. The molecule has 0 aliphatic carbocycles. The van der Waals surface area contributed by atoms with Crippen LogP contribution in [0.2, 0.25) is 0 Å². The molecule has 0 bridgehead atoms. The van der Waals surface area contributed by atoms with E-state index in [0.717, 1.165) is 18.4 Å². The molecular weight excluding hydrogens is 324 g/mol. The topological polar surface area (TPSA) is 96.2 Å². The maximum atomic E-state index is 11.6. The van der Waals surface area contributed by atoms with Gasteiger partial charge in [-0.3, -0.25) is 0 Å². The number of carboxylic acids is 1. The van der Waals surface area contributed by atoms with Crippen molar-refractivity contribution in [2.45, 2.75) is 39.7 Å². The summed E-state index contributed by atoms with van der Waals surface area (Å²) in [6, 6.07) is 1.17. The van der Waals surface area contributed by atoms with Gasteiger partial charge in [0.1, 0.15) is 6.10 Å². The Morgan fingerprint density at radius 2 is 1.88 bits per heavy atom. The molecule has 0 saturated carbocycles. The van der Waals surface area contributed by atoms with Gasteiger partial charge in [-0.05, 0) is 39.7 Å². The van der Waals surface area contributed by atoms with E-state index in [1.54, 1.807) is 6.08 Å². The van der Waals surface area contributed by atoms with Crippen molar-refractivity contribution in [3.63, 3.8) is 0 Å². The van der Waals surface area contributed by atoms with Crippen molar-refractivity contribution in [1.82, 2.24) is 0 Å². The minimum Gasteiger partial charge on any atom is -0.502 e. The van der Waals surface area contributed by atoms with E-state index in [2.05, 4.69) is 6.08 Å². The molecule has 1 aromatic carbocycles. The van der Waals surface area contributed by atoms with Gasteiger partial charge in [-0.1, -0.05) is 23.3 Å². The van der Waals surface area contributed by atoms with Crippen LogP contribution in [0.3, 0.4) is 0 Å². The zero-order valence-corrected chi connectivity index (χ0v) is 15.3. The van der Waals surface area contributed by atoms with Gasteiger partial charge in [0, 0.05) is 5.56 Å². The smallest absolute Gasteiger partial charge is 0.336 e. The normalized spacial score (nSPS) is 12.5. The van der Waals surface area contributed by atoms with Crippen molar-refractivity contribution >= 4 is 5.97 Å². The Bertz CT molecular complexity index is 684. The first kappa shape index (κ1) is 20.6. The van der Waals surface area contributed by atoms with E-state index in [-0.39, 0.29) is 28.4 Å². The average Bonchev–Trinajstić information content (AvgIpc) is 2.53. The quantitative estimate of drug-likeness (QED) is 0.617. The van der Waals surface area contributed by atoms with E-state index in [0.29, 0.717) is 0 Å². The van der Waals surface area contributed by atoms with Crippen molar-refractivity contribution in [2.24, 2.45) is 0 Å². The second-order valence-electron chi connectivity index (χ2n) is 6.01. The Morgan fingerprint density at radius 3 is 2.36 bits per heavy atom. The highest BCUT2D eigenvalue weighted by atomic mass is 16.5. The Labute approximate surface area is 148 Å². The fourth-order valence-electron chi connectivity index (χ4n) is 2.50. The standard InChI is InChI=1S/C19H26O6/c1-11(2)7-6-8-12(3)9-14(20)16-13(19(22)23)10-15(24-4)17(21)18(16)25-5/h7,9-10,14,20-21H,6,8H2,1-5H3,(H,22,23)/b12-9+. The molecule has 0 spiro atoms. The second kappa shape index (κ2) is 9.13. The van der Waals surface area contributed by atoms with Crippen LogP contribution in [-0.2, 0) is 0 Å². The predicted octanol–water partition coefficient (Wildman–Crippen LogP) is 3.83. The Morgan fingerprint density at radius 1 is 1.24 bits per heavy atom. The summed E-state index contributed by atoms with van der Waals surface area (Å²) < 4.78 is 10.1. The van der Waals surface area contributed by atoms with Crippen LogP contribution in [0.15, 0.2) is 29.4 Å². The third-order valence-electron chi connectivity index (χ3n) is 3.74. The van der Waals surface area contributed by atoms with E-state index in [1.165, 1.54) is 25.9 Å². The molecular formula is C19H26O6. The van der Waals surface area contributed by atoms with E-state index in [9.17, 15) is 20.1 Å². The fourth-order valence-corrected chi connectivity index (χ4v) is 2.50. The molecule has 1 unspecified atom stereocenters. The molecule has 0 aliphatic heterocycles. The number of benzene rings is 1. The fraction of sp³-hybridized carbons (Fsp3) is 0.421. The van der Waals surface area contributed by atoms with Gasteiger partial charge in [-0.15, -0.1) is 0 Å². The molecule has 3 N–H and O–H groups in total. The number of rotatable bonds is 8. The van der Waals surface area contributed by atoms with E-state index in [1.807, 2.05) is 20.8 Å². The van der Waals surface area contributed by atoms with Gasteiger partial charge in [0.2, 0.25) is 5.75 Å². The number of aromatic hydroxyl groups is 1. The molecule has 6 heteroatoms. The van der Waals surface area contributed by atoms with Crippen LogP contribution in [0.4, 0.5) is 0 Å². The number of aliphatic hydroxyl groups excluding tert-OH is 1. The molecule has 6 nitrogen and oxygen atoms in total. The van der Waals surface area contributed by atoms with Crippen LogP contribution in [0.25, 0.3) is 0 Å². The third-order valence-corrected chi connectivity index (χ3v) is 3.74. The molecule has 1 rings (SSSR count). The van der Waals surface area contributed by atoms with Gasteiger partial charge >= 0.3 is 5.97 Å². The molecule has 138 valence electrons. The minimum absolute atomic E-state index is 0.00476. The summed E-state index contributed by atoms with van der Waals surface area (Å²) in [6.07, 6.45) is 3.98. The van der Waals surface area contributed by atoms with Crippen molar-refractivity contribution in [3.8, 4) is 17.2 Å². The van der Waals surface area contributed by atoms with Gasteiger partial charge in [-0.2, -0.15) is 0 Å². The van der Waals surface area contributed by atoms with Crippen LogP contribution in [0.1, 0.15) is 55.6 Å². The molecule has 1 atom stereocenters. The molecule has 0 amide bonds. The van der Waals surface area contributed by atoms with Crippen molar-refractivity contribution in [1.29, 1.82) is 0 Å². The number of allylic oxidation sites excluding steroid dienone is 3. The molecule has 0 fully saturated rings. The van der Waals surface area contributed by atoms with Crippen molar-refractivity contribution < 1.29 is 29.6 Å². The first-order valence-electron chi connectivity index (χ1n) is 7.92. The highest BCUT2D eigenvalue weighted by molar-refractivity contribution is 5.92. The number of carbonyl (C=O) groups is 1. The third kappa shape index (κ3) is 5.26. The monoisotopic (exact) mass is 350 g/mol. The van der Waals surface area contributed by atoms with E-state index in [4.69, 9.17) is 9.47 Å². The highest BCUT2D eigenvalue weighted by Gasteiger charge is 2.26. The Balaban J connectivity index is 3.31. The number of phenolic OH excluding ortho intramolecular Hbond substituents is 1. The molecule has 0 radical (unpaired) electrons. The largest absolute Gasteiger partial charge is 0.502 e. The number of phenols is 1. The lowest BCUT2D eigenvalue weighted by atomic mass is 9.97. The number of carboxylic acid groups (broad SMARTS) is 1. The number of hydrogen-bond acceptors (Lipinski definition) is 5. The van der Waals surface area contributed by atoms with E-state index >= 15 is 0 Å². The van der Waals surface area contributed by atoms with E-state index < -0.39 is 12.1 Å². The van der Waals surface area contributed by atoms with Crippen LogP contribution < -0.4 is 9.47 Å². The van der Waals surface area contributed by atoms with Crippen molar-refractivity contribution in [2.75, 3.05) is 14.2 Å². The molecule has 0 heterocycles. The first-order valence-corrected chi connectivity index (χ1v) is 7.92. The molecule has 1 aromatic rings. The highest BCUT2D eigenvalue weighted by Crippen LogP contribution is 2.44. The van der Waals surface area contributed by atoms with Gasteiger partial charge in [0.05, 0.1) is 19.8 Å². The number of aliphatic hydroxyl groups is 1. The van der Waals surface area contributed by atoms with Gasteiger partial charge < -0.3 is 24.8 Å². The van der Waals surface area contributed by atoms with Crippen molar-refractivity contribution in [3.05, 3.63) is 40.5 Å². The predicted molar refractivity (Wildman–Crippen MR) is 95.6 cm³/mol.